The first kappa shape index (κ1) is 13.7. The van der Waals surface area contributed by atoms with Gasteiger partial charge in [-0.3, -0.25) is 0 Å². The molecule has 100 valence electrons. The molecule has 0 amide bonds. The molecule has 1 saturated heterocycles. The molecule has 1 aromatic rings. The van der Waals surface area contributed by atoms with Crippen LogP contribution in [0.5, 0.6) is 0 Å². The van der Waals surface area contributed by atoms with Gasteiger partial charge in [-0.15, -0.1) is 11.6 Å². The second-order valence-corrected chi connectivity index (χ2v) is 5.37. The van der Waals surface area contributed by atoms with Crippen molar-refractivity contribution in [2.24, 2.45) is 5.92 Å². The lowest BCUT2D eigenvalue weighted by molar-refractivity contribution is 0.459. The number of benzene rings is 1. The fraction of sp³-hybridized carbons (Fsp3) is 0.600. The fourth-order valence-electron chi connectivity index (χ4n) is 2.78. The molecule has 0 aromatic heterocycles. The molecule has 1 heterocycles. The van der Waals surface area contributed by atoms with Crippen molar-refractivity contribution in [1.82, 2.24) is 0 Å². The van der Waals surface area contributed by atoms with E-state index in [1.54, 1.807) is 6.07 Å². The van der Waals surface area contributed by atoms with E-state index in [9.17, 15) is 4.39 Å². The lowest BCUT2D eigenvalue weighted by atomic mass is 9.98. The van der Waals surface area contributed by atoms with Crippen molar-refractivity contribution in [1.29, 1.82) is 0 Å². The monoisotopic (exact) mass is 269 g/mol. The molecular formula is C15H21ClFN. The Bertz CT molecular complexity index is 394. The van der Waals surface area contributed by atoms with Crippen LogP contribution in [-0.2, 0) is 5.88 Å². The first-order valence-corrected chi connectivity index (χ1v) is 7.37. The number of halogens is 2. The van der Waals surface area contributed by atoms with Crippen LogP contribution >= 0.6 is 11.6 Å². The van der Waals surface area contributed by atoms with Crippen molar-refractivity contribution in [2.75, 3.05) is 18.0 Å². The van der Waals surface area contributed by atoms with Gasteiger partial charge in [0.2, 0.25) is 0 Å². The van der Waals surface area contributed by atoms with Gasteiger partial charge in [-0.1, -0.05) is 13.3 Å². The minimum atomic E-state index is -0.198. The Morgan fingerprint density at radius 3 is 2.89 bits per heavy atom. The van der Waals surface area contributed by atoms with Crippen LogP contribution in [0.15, 0.2) is 18.2 Å². The van der Waals surface area contributed by atoms with Crippen LogP contribution in [0, 0.1) is 11.7 Å². The second-order valence-electron chi connectivity index (χ2n) is 5.10. The Hall–Kier alpha value is -0.760. The summed E-state index contributed by atoms with van der Waals surface area (Å²) in [5.41, 5.74) is 2.02. The van der Waals surface area contributed by atoms with Crippen molar-refractivity contribution < 1.29 is 4.39 Å². The molecule has 1 atom stereocenters. The van der Waals surface area contributed by atoms with Gasteiger partial charge in [0.25, 0.3) is 0 Å². The summed E-state index contributed by atoms with van der Waals surface area (Å²) in [6, 6.07) is 4.97. The quantitative estimate of drug-likeness (QED) is 0.726. The number of hydrogen-bond acceptors (Lipinski definition) is 1. The van der Waals surface area contributed by atoms with E-state index in [1.807, 2.05) is 6.07 Å². The molecular weight excluding hydrogens is 249 g/mol. The molecule has 0 saturated carbocycles. The zero-order chi connectivity index (χ0) is 13.0. The Balaban J connectivity index is 2.15. The zero-order valence-corrected chi connectivity index (χ0v) is 11.7. The van der Waals surface area contributed by atoms with Crippen LogP contribution in [-0.4, -0.2) is 13.1 Å². The van der Waals surface area contributed by atoms with Gasteiger partial charge in [-0.2, -0.15) is 0 Å². The summed E-state index contributed by atoms with van der Waals surface area (Å²) < 4.78 is 13.2. The summed E-state index contributed by atoms with van der Waals surface area (Å²) in [5.74, 6) is 1.02. The first-order chi connectivity index (χ1) is 8.74. The summed E-state index contributed by atoms with van der Waals surface area (Å²) in [5, 5.41) is 0. The molecule has 1 aliphatic heterocycles. The van der Waals surface area contributed by atoms with Gasteiger partial charge in [0.15, 0.2) is 0 Å². The van der Waals surface area contributed by atoms with Crippen LogP contribution in [0.3, 0.4) is 0 Å². The average Bonchev–Trinajstić information content (AvgIpc) is 2.63. The van der Waals surface area contributed by atoms with Crippen LogP contribution in [0.4, 0.5) is 10.1 Å². The molecule has 2 rings (SSSR count). The predicted molar refractivity (Wildman–Crippen MR) is 75.8 cm³/mol. The number of nitrogens with zero attached hydrogens (tertiary/aromatic N) is 1. The van der Waals surface area contributed by atoms with Crippen molar-refractivity contribution in [3.63, 3.8) is 0 Å². The molecule has 0 N–H and O–H groups in total. The summed E-state index contributed by atoms with van der Waals surface area (Å²) in [4.78, 5) is 2.37. The molecule has 1 aliphatic rings. The van der Waals surface area contributed by atoms with Gasteiger partial charge in [0, 0.05) is 24.7 Å². The molecule has 18 heavy (non-hydrogen) atoms. The molecule has 1 unspecified atom stereocenters. The highest BCUT2D eigenvalue weighted by Gasteiger charge is 2.18. The van der Waals surface area contributed by atoms with E-state index in [4.69, 9.17) is 11.6 Å². The van der Waals surface area contributed by atoms with Gasteiger partial charge < -0.3 is 4.90 Å². The van der Waals surface area contributed by atoms with Crippen LogP contribution < -0.4 is 4.90 Å². The molecule has 0 bridgehead atoms. The van der Waals surface area contributed by atoms with Crippen LogP contribution in [0.2, 0.25) is 0 Å². The second kappa shape index (κ2) is 6.42. The molecule has 0 aliphatic carbocycles. The van der Waals surface area contributed by atoms with Gasteiger partial charge in [0.05, 0.1) is 0 Å². The Morgan fingerprint density at radius 2 is 2.17 bits per heavy atom. The highest BCUT2D eigenvalue weighted by molar-refractivity contribution is 6.17. The van der Waals surface area contributed by atoms with E-state index < -0.39 is 0 Å². The third kappa shape index (κ3) is 3.17. The summed E-state index contributed by atoms with van der Waals surface area (Å²) in [6.07, 6.45) is 5.03. The first-order valence-electron chi connectivity index (χ1n) is 6.84. The molecule has 0 radical (unpaired) electrons. The minimum absolute atomic E-state index is 0.198. The van der Waals surface area contributed by atoms with Gasteiger partial charge in [-0.05, 0) is 48.9 Å². The number of rotatable bonds is 3. The standard InChI is InChI=1S/C15H21ClFN/c1-2-12-4-3-8-18(9-7-12)15-6-5-14(17)10-13(15)11-16/h5-6,10,12H,2-4,7-9,11H2,1H3. The Labute approximate surface area is 114 Å². The third-order valence-electron chi connectivity index (χ3n) is 3.95. The SMILES string of the molecule is CCC1CCCN(c2ccc(F)cc2CCl)CC1. The van der Waals surface area contributed by atoms with Gasteiger partial charge in [-0.25, -0.2) is 4.39 Å². The smallest absolute Gasteiger partial charge is 0.123 e. The predicted octanol–water partition coefficient (Wildman–Crippen LogP) is 4.58. The maximum Gasteiger partial charge on any atom is 0.123 e. The summed E-state index contributed by atoms with van der Waals surface area (Å²) in [6.45, 7) is 4.39. The maximum absolute atomic E-state index is 13.2. The lowest BCUT2D eigenvalue weighted by Gasteiger charge is -2.25. The van der Waals surface area contributed by atoms with E-state index in [0.29, 0.717) is 5.88 Å². The van der Waals surface area contributed by atoms with Crippen LogP contribution in [0.25, 0.3) is 0 Å². The number of hydrogen-bond donors (Lipinski definition) is 0. The van der Waals surface area contributed by atoms with Crippen molar-refractivity contribution in [3.8, 4) is 0 Å². The van der Waals surface area contributed by atoms with Crippen molar-refractivity contribution >= 4 is 17.3 Å². The van der Waals surface area contributed by atoms with E-state index >= 15 is 0 Å². The maximum atomic E-state index is 13.2. The van der Waals surface area contributed by atoms with Gasteiger partial charge in [0.1, 0.15) is 5.82 Å². The van der Waals surface area contributed by atoms with E-state index in [-0.39, 0.29) is 5.82 Å². The molecule has 1 aromatic carbocycles. The average molecular weight is 270 g/mol. The largest absolute Gasteiger partial charge is 0.371 e. The topological polar surface area (TPSA) is 3.24 Å². The summed E-state index contributed by atoms with van der Waals surface area (Å²) in [7, 11) is 0. The van der Waals surface area contributed by atoms with Crippen molar-refractivity contribution in [2.45, 2.75) is 38.5 Å². The third-order valence-corrected chi connectivity index (χ3v) is 4.24. The Kier molecular flexibility index (Phi) is 4.87. The molecule has 1 fully saturated rings. The van der Waals surface area contributed by atoms with E-state index in [1.165, 1.54) is 31.7 Å². The molecule has 1 nitrogen and oxygen atoms in total. The van der Waals surface area contributed by atoms with Gasteiger partial charge >= 0.3 is 0 Å². The zero-order valence-electron chi connectivity index (χ0n) is 11.0. The highest BCUT2D eigenvalue weighted by atomic mass is 35.5. The van der Waals surface area contributed by atoms with E-state index in [0.717, 1.165) is 30.3 Å². The molecule has 3 heteroatoms. The number of anilines is 1. The number of alkyl halides is 1. The summed E-state index contributed by atoms with van der Waals surface area (Å²) >= 11 is 5.93. The van der Waals surface area contributed by atoms with E-state index in [2.05, 4.69) is 11.8 Å². The molecule has 0 spiro atoms. The highest BCUT2D eigenvalue weighted by Crippen LogP contribution is 2.28. The minimum Gasteiger partial charge on any atom is -0.371 e. The van der Waals surface area contributed by atoms with Crippen molar-refractivity contribution in [3.05, 3.63) is 29.6 Å². The Morgan fingerprint density at radius 1 is 1.33 bits per heavy atom. The fourth-order valence-corrected chi connectivity index (χ4v) is 3.00. The van der Waals surface area contributed by atoms with Crippen LogP contribution in [0.1, 0.15) is 38.2 Å². The normalized spacial score (nSPS) is 20.8. The lowest BCUT2D eigenvalue weighted by Crippen LogP contribution is -2.25.